The molecule has 0 aromatic heterocycles. The summed E-state index contributed by atoms with van der Waals surface area (Å²) in [5.41, 5.74) is 2.71. The molecule has 0 amide bonds. The highest BCUT2D eigenvalue weighted by Gasteiger charge is 1.96. The van der Waals surface area contributed by atoms with E-state index >= 15 is 0 Å². The van der Waals surface area contributed by atoms with Crippen molar-refractivity contribution in [3.8, 4) is 0 Å². The highest BCUT2D eigenvalue weighted by molar-refractivity contribution is 8.03. The Morgan fingerprint density at radius 1 is 1.00 bits per heavy atom. The van der Waals surface area contributed by atoms with Gasteiger partial charge in [0.15, 0.2) is 0 Å². The summed E-state index contributed by atoms with van der Waals surface area (Å²) in [7, 11) is 0. The first-order valence-electron chi connectivity index (χ1n) is 4.48. The van der Waals surface area contributed by atoms with Gasteiger partial charge in [-0.05, 0) is 44.7 Å². The number of hydrogen-bond acceptors (Lipinski definition) is 1. The molecular formula is C12H16S. The van der Waals surface area contributed by atoms with E-state index in [9.17, 15) is 0 Å². The van der Waals surface area contributed by atoms with E-state index in [2.05, 4.69) is 52.0 Å². The van der Waals surface area contributed by atoms with Gasteiger partial charge in [0.1, 0.15) is 0 Å². The maximum atomic E-state index is 2.17. The van der Waals surface area contributed by atoms with Gasteiger partial charge < -0.3 is 0 Å². The molecule has 1 aromatic rings. The number of benzene rings is 1. The molecule has 0 N–H and O–H groups in total. The third-order valence-corrected chi connectivity index (χ3v) is 3.22. The maximum absolute atomic E-state index is 2.17. The van der Waals surface area contributed by atoms with Gasteiger partial charge in [-0.25, -0.2) is 0 Å². The molecule has 13 heavy (non-hydrogen) atoms. The van der Waals surface area contributed by atoms with Crippen LogP contribution in [-0.4, -0.2) is 0 Å². The van der Waals surface area contributed by atoms with Crippen molar-refractivity contribution in [3.63, 3.8) is 0 Å². The Morgan fingerprint density at radius 2 is 1.54 bits per heavy atom. The van der Waals surface area contributed by atoms with E-state index < -0.39 is 0 Å². The third-order valence-electron chi connectivity index (χ3n) is 2.00. The molecule has 1 rings (SSSR count). The minimum atomic E-state index is 1.32. The van der Waals surface area contributed by atoms with Crippen LogP contribution in [0.4, 0.5) is 0 Å². The molecule has 0 unspecified atom stereocenters. The molecule has 0 aliphatic rings. The van der Waals surface area contributed by atoms with Crippen molar-refractivity contribution >= 4 is 11.8 Å². The molecular weight excluding hydrogens is 176 g/mol. The second-order valence-electron chi connectivity index (χ2n) is 3.47. The van der Waals surface area contributed by atoms with Crippen molar-refractivity contribution in [2.75, 3.05) is 0 Å². The Kier molecular flexibility index (Phi) is 3.61. The van der Waals surface area contributed by atoms with E-state index in [4.69, 9.17) is 0 Å². The van der Waals surface area contributed by atoms with Crippen LogP contribution in [0, 0.1) is 6.92 Å². The topological polar surface area (TPSA) is 0 Å². The normalized spacial score (nSPS) is 9.85. The minimum Gasteiger partial charge on any atom is -0.0949 e. The standard InChI is InChI=1S/C12H16S/c1-9(2)11(4)13-12-7-5-10(3)6-8-12/h5-8H,1-4H3. The number of allylic oxidation sites excluding steroid dienone is 2. The maximum Gasteiger partial charge on any atom is 0.0119 e. The van der Waals surface area contributed by atoms with E-state index in [1.807, 2.05) is 11.8 Å². The molecule has 1 heteroatoms. The molecule has 0 bridgehead atoms. The lowest BCUT2D eigenvalue weighted by Crippen LogP contribution is -1.76. The number of thioether (sulfide) groups is 1. The first kappa shape index (κ1) is 10.4. The fraction of sp³-hybridized carbons (Fsp3) is 0.333. The van der Waals surface area contributed by atoms with Crippen LogP contribution in [0.15, 0.2) is 39.6 Å². The zero-order chi connectivity index (χ0) is 9.84. The molecule has 70 valence electrons. The van der Waals surface area contributed by atoms with Gasteiger partial charge in [0.25, 0.3) is 0 Å². The molecule has 0 aliphatic carbocycles. The van der Waals surface area contributed by atoms with E-state index in [1.54, 1.807) is 0 Å². The first-order chi connectivity index (χ1) is 6.09. The van der Waals surface area contributed by atoms with E-state index in [0.717, 1.165) is 0 Å². The Morgan fingerprint density at radius 3 is 2.00 bits per heavy atom. The van der Waals surface area contributed by atoms with Gasteiger partial charge in [0.2, 0.25) is 0 Å². The monoisotopic (exact) mass is 192 g/mol. The molecule has 0 aliphatic heterocycles. The molecule has 0 radical (unpaired) electrons. The van der Waals surface area contributed by atoms with Crippen molar-refractivity contribution in [3.05, 3.63) is 40.3 Å². The second kappa shape index (κ2) is 4.52. The number of rotatable bonds is 2. The van der Waals surface area contributed by atoms with Crippen LogP contribution in [0.2, 0.25) is 0 Å². The Balaban J connectivity index is 2.76. The van der Waals surface area contributed by atoms with E-state index in [0.29, 0.717) is 0 Å². The summed E-state index contributed by atoms with van der Waals surface area (Å²) < 4.78 is 0. The zero-order valence-electron chi connectivity index (χ0n) is 8.72. The van der Waals surface area contributed by atoms with Crippen molar-refractivity contribution < 1.29 is 0 Å². The lowest BCUT2D eigenvalue weighted by atomic mass is 10.2. The SMILES string of the molecule is CC(C)=C(C)Sc1ccc(C)cc1. The largest absolute Gasteiger partial charge is 0.0949 e. The predicted octanol–water partition coefficient (Wildman–Crippen LogP) is 4.40. The van der Waals surface area contributed by atoms with Gasteiger partial charge in [-0.3, -0.25) is 0 Å². The number of aryl methyl sites for hydroxylation is 1. The average molecular weight is 192 g/mol. The van der Waals surface area contributed by atoms with Crippen LogP contribution in [0.1, 0.15) is 26.3 Å². The molecule has 0 saturated heterocycles. The van der Waals surface area contributed by atoms with Crippen molar-refractivity contribution in [1.29, 1.82) is 0 Å². The summed E-state index contributed by atoms with van der Waals surface area (Å²) in [4.78, 5) is 2.72. The molecule has 0 atom stereocenters. The average Bonchev–Trinajstić information content (AvgIpc) is 2.08. The van der Waals surface area contributed by atoms with Crippen LogP contribution in [0.3, 0.4) is 0 Å². The van der Waals surface area contributed by atoms with Crippen LogP contribution >= 0.6 is 11.8 Å². The summed E-state index contributed by atoms with van der Waals surface area (Å²) in [6.07, 6.45) is 0. The molecule has 1 aromatic carbocycles. The summed E-state index contributed by atoms with van der Waals surface area (Å²) in [6.45, 7) is 8.58. The van der Waals surface area contributed by atoms with Crippen molar-refractivity contribution in [1.82, 2.24) is 0 Å². The highest BCUT2D eigenvalue weighted by atomic mass is 32.2. The van der Waals surface area contributed by atoms with Gasteiger partial charge in [0, 0.05) is 4.90 Å². The highest BCUT2D eigenvalue weighted by Crippen LogP contribution is 2.28. The van der Waals surface area contributed by atoms with Crippen molar-refractivity contribution in [2.45, 2.75) is 32.6 Å². The summed E-state index contributed by atoms with van der Waals surface area (Å²) in [5.74, 6) is 0. The summed E-state index contributed by atoms with van der Waals surface area (Å²) >= 11 is 1.84. The van der Waals surface area contributed by atoms with Gasteiger partial charge in [-0.15, -0.1) is 0 Å². The Labute approximate surface area is 85.1 Å². The number of hydrogen-bond donors (Lipinski definition) is 0. The van der Waals surface area contributed by atoms with Crippen LogP contribution in [0.5, 0.6) is 0 Å². The van der Waals surface area contributed by atoms with Crippen LogP contribution < -0.4 is 0 Å². The Hall–Kier alpha value is -0.690. The van der Waals surface area contributed by atoms with Gasteiger partial charge in [-0.1, -0.05) is 35.0 Å². The quantitative estimate of drug-likeness (QED) is 0.626. The Bertz CT molecular complexity index is 302. The molecule has 0 fully saturated rings. The van der Waals surface area contributed by atoms with Gasteiger partial charge >= 0.3 is 0 Å². The van der Waals surface area contributed by atoms with E-state index in [1.165, 1.54) is 20.9 Å². The molecule has 0 spiro atoms. The molecule has 0 nitrogen and oxygen atoms in total. The van der Waals surface area contributed by atoms with Crippen molar-refractivity contribution in [2.24, 2.45) is 0 Å². The fourth-order valence-electron chi connectivity index (χ4n) is 0.885. The first-order valence-corrected chi connectivity index (χ1v) is 5.30. The predicted molar refractivity (Wildman–Crippen MR) is 61.1 cm³/mol. The minimum absolute atomic E-state index is 1.32. The van der Waals surface area contributed by atoms with E-state index in [-0.39, 0.29) is 0 Å². The smallest absolute Gasteiger partial charge is 0.0119 e. The second-order valence-corrected chi connectivity index (χ2v) is 4.76. The van der Waals surface area contributed by atoms with Gasteiger partial charge in [-0.2, -0.15) is 0 Å². The van der Waals surface area contributed by atoms with Gasteiger partial charge in [0.05, 0.1) is 0 Å². The van der Waals surface area contributed by atoms with Crippen LogP contribution in [0.25, 0.3) is 0 Å². The molecule has 0 saturated carbocycles. The fourth-order valence-corrected chi connectivity index (χ4v) is 1.71. The molecule has 0 heterocycles. The third kappa shape index (κ3) is 3.27. The van der Waals surface area contributed by atoms with Crippen LogP contribution in [-0.2, 0) is 0 Å². The summed E-state index contributed by atoms with van der Waals surface area (Å²) in [6, 6.07) is 8.65. The summed E-state index contributed by atoms with van der Waals surface area (Å²) in [5, 5.41) is 0. The lowest BCUT2D eigenvalue weighted by molar-refractivity contribution is 1.33. The lowest BCUT2D eigenvalue weighted by Gasteiger charge is -2.03. The zero-order valence-corrected chi connectivity index (χ0v) is 9.53.